The van der Waals surface area contributed by atoms with E-state index in [2.05, 4.69) is 21.2 Å². The van der Waals surface area contributed by atoms with Crippen molar-refractivity contribution in [2.24, 2.45) is 0 Å². The molecule has 1 amide bonds. The standard InChI is InChI=1S/C16H13BrFNO2/c17-14-11(6-3-7-12(14)18)16(21)19-15-10-5-2-1-4-9(10)8-13(15)20/h1-7,13,15,20H,8H2,(H,19,21). The van der Waals surface area contributed by atoms with Crippen LogP contribution in [-0.2, 0) is 6.42 Å². The molecule has 3 rings (SSSR count). The fraction of sp³-hybridized carbons (Fsp3) is 0.188. The molecule has 0 heterocycles. The Labute approximate surface area is 129 Å². The molecule has 2 atom stereocenters. The monoisotopic (exact) mass is 349 g/mol. The maximum atomic E-state index is 13.5. The lowest BCUT2D eigenvalue weighted by molar-refractivity contribution is 0.0857. The number of halogens is 2. The lowest BCUT2D eigenvalue weighted by Crippen LogP contribution is -2.34. The van der Waals surface area contributed by atoms with Gasteiger partial charge in [-0.15, -0.1) is 0 Å². The highest BCUT2D eigenvalue weighted by atomic mass is 79.9. The second-order valence-electron chi connectivity index (χ2n) is 5.02. The van der Waals surface area contributed by atoms with Crippen LogP contribution < -0.4 is 5.32 Å². The summed E-state index contributed by atoms with van der Waals surface area (Å²) in [5, 5.41) is 12.9. The zero-order valence-corrected chi connectivity index (χ0v) is 12.6. The lowest BCUT2D eigenvalue weighted by Gasteiger charge is -2.18. The Balaban J connectivity index is 1.87. The minimum atomic E-state index is -0.668. The van der Waals surface area contributed by atoms with Gasteiger partial charge in [0.25, 0.3) is 5.91 Å². The van der Waals surface area contributed by atoms with Gasteiger partial charge in [-0.25, -0.2) is 4.39 Å². The fourth-order valence-electron chi connectivity index (χ4n) is 2.65. The van der Waals surface area contributed by atoms with Crippen LogP contribution in [0.25, 0.3) is 0 Å². The van der Waals surface area contributed by atoms with Crippen LogP contribution in [0.1, 0.15) is 27.5 Å². The number of hydrogen-bond acceptors (Lipinski definition) is 2. The van der Waals surface area contributed by atoms with E-state index in [9.17, 15) is 14.3 Å². The van der Waals surface area contributed by atoms with Crippen molar-refractivity contribution in [3.63, 3.8) is 0 Å². The molecular weight excluding hydrogens is 337 g/mol. The van der Waals surface area contributed by atoms with E-state index in [0.29, 0.717) is 6.42 Å². The summed E-state index contributed by atoms with van der Waals surface area (Å²) in [6.07, 6.45) is -0.162. The van der Waals surface area contributed by atoms with Crippen molar-refractivity contribution in [2.45, 2.75) is 18.6 Å². The number of carbonyl (C=O) groups excluding carboxylic acids is 1. The quantitative estimate of drug-likeness (QED) is 0.875. The molecule has 0 aliphatic heterocycles. The topological polar surface area (TPSA) is 49.3 Å². The highest BCUT2D eigenvalue weighted by Crippen LogP contribution is 2.32. The van der Waals surface area contributed by atoms with Crippen molar-refractivity contribution in [2.75, 3.05) is 0 Å². The first-order chi connectivity index (χ1) is 10.1. The van der Waals surface area contributed by atoms with Crippen LogP contribution in [0.5, 0.6) is 0 Å². The second-order valence-corrected chi connectivity index (χ2v) is 5.82. The van der Waals surface area contributed by atoms with Crippen LogP contribution in [0.15, 0.2) is 46.9 Å². The summed E-state index contributed by atoms with van der Waals surface area (Å²) < 4.78 is 13.6. The van der Waals surface area contributed by atoms with E-state index in [-0.39, 0.29) is 10.0 Å². The summed E-state index contributed by atoms with van der Waals surface area (Å²) in [6, 6.07) is 11.4. The van der Waals surface area contributed by atoms with Crippen LogP contribution in [0.4, 0.5) is 4.39 Å². The van der Waals surface area contributed by atoms with Gasteiger partial charge in [0.2, 0.25) is 0 Å². The number of fused-ring (bicyclic) bond motifs is 1. The Bertz CT molecular complexity index is 704. The SMILES string of the molecule is O=C(NC1c2ccccc2CC1O)c1cccc(F)c1Br. The van der Waals surface area contributed by atoms with Crippen molar-refractivity contribution >= 4 is 21.8 Å². The first kappa shape index (κ1) is 14.2. The van der Waals surface area contributed by atoms with Gasteiger partial charge in [-0.2, -0.15) is 0 Å². The normalized spacial score (nSPS) is 20.1. The molecule has 1 aliphatic rings. The molecule has 2 unspecified atom stereocenters. The Morgan fingerprint density at radius 3 is 2.81 bits per heavy atom. The lowest BCUT2D eigenvalue weighted by atomic mass is 10.1. The first-order valence-corrected chi connectivity index (χ1v) is 7.38. The van der Waals surface area contributed by atoms with E-state index in [0.717, 1.165) is 11.1 Å². The van der Waals surface area contributed by atoms with Crippen molar-refractivity contribution in [3.8, 4) is 0 Å². The third-order valence-corrected chi connectivity index (χ3v) is 4.49. The maximum Gasteiger partial charge on any atom is 0.253 e. The van der Waals surface area contributed by atoms with Crippen LogP contribution >= 0.6 is 15.9 Å². The number of carbonyl (C=O) groups is 1. The summed E-state index contributed by atoms with van der Waals surface area (Å²) in [5.41, 5.74) is 2.14. The van der Waals surface area contributed by atoms with E-state index in [1.165, 1.54) is 18.2 Å². The van der Waals surface area contributed by atoms with Gasteiger partial charge in [0.15, 0.2) is 0 Å². The Morgan fingerprint density at radius 1 is 1.24 bits per heavy atom. The summed E-state index contributed by atoms with van der Waals surface area (Å²) in [5.74, 6) is -0.905. The highest BCUT2D eigenvalue weighted by molar-refractivity contribution is 9.10. The van der Waals surface area contributed by atoms with Gasteiger partial charge in [0.1, 0.15) is 5.82 Å². The predicted molar refractivity (Wildman–Crippen MR) is 80.5 cm³/mol. The molecule has 0 spiro atoms. The number of aliphatic hydroxyl groups excluding tert-OH is 1. The Hall–Kier alpha value is -1.72. The molecule has 0 fully saturated rings. The van der Waals surface area contributed by atoms with Crippen molar-refractivity contribution < 1.29 is 14.3 Å². The number of rotatable bonds is 2. The number of aliphatic hydroxyl groups is 1. The summed E-state index contributed by atoms with van der Waals surface area (Å²) in [7, 11) is 0. The third-order valence-electron chi connectivity index (χ3n) is 3.69. The highest BCUT2D eigenvalue weighted by Gasteiger charge is 2.32. The molecule has 0 bridgehead atoms. The van der Waals surface area contributed by atoms with Gasteiger partial charge in [-0.3, -0.25) is 4.79 Å². The Kier molecular flexibility index (Phi) is 3.78. The maximum absolute atomic E-state index is 13.5. The van der Waals surface area contributed by atoms with Gasteiger partial charge in [-0.1, -0.05) is 30.3 Å². The van der Waals surface area contributed by atoms with Crippen LogP contribution in [-0.4, -0.2) is 17.1 Å². The summed E-state index contributed by atoms with van der Waals surface area (Å²) in [6.45, 7) is 0. The van der Waals surface area contributed by atoms with Crippen molar-refractivity contribution in [1.82, 2.24) is 5.32 Å². The molecule has 2 aromatic rings. The third kappa shape index (κ3) is 2.59. The number of nitrogens with one attached hydrogen (secondary N) is 1. The Morgan fingerprint density at radius 2 is 2.00 bits per heavy atom. The molecule has 0 saturated carbocycles. The van der Waals surface area contributed by atoms with Crippen LogP contribution in [0, 0.1) is 5.82 Å². The molecule has 1 aliphatic carbocycles. The van der Waals surface area contributed by atoms with Gasteiger partial charge in [0, 0.05) is 6.42 Å². The minimum absolute atomic E-state index is 0.128. The van der Waals surface area contributed by atoms with Gasteiger partial charge in [0.05, 0.1) is 22.2 Å². The van der Waals surface area contributed by atoms with Gasteiger partial charge in [-0.05, 0) is 39.2 Å². The predicted octanol–water partition coefficient (Wildman–Crippen LogP) is 2.98. The van der Waals surface area contributed by atoms with E-state index in [1.54, 1.807) is 0 Å². The van der Waals surface area contributed by atoms with E-state index in [1.807, 2.05) is 24.3 Å². The smallest absolute Gasteiger partial charge is 0.253 e. The number of amides is 1. The molecule has 5 heteroatoms. The molecule has 2 N–H and O–H groups in total. The molecule has 0 aromatic heterocycles. The van der Waals surface area contributed by atoms with E-state index in [4.69, 9.17) is 0 Å². The van der Waals surface area contributed by atoms with Crippen LogP contribution in [0.3, 0.4) is 0 Å². The van der Waals surface area contributed by atoms with Crippen molar-refractivity contribution in [3.05, 3.63) is 69.4 Å². The zero-order valence-electron chi connectivity index (χ0n) is 11.0. The molecular formula is C16H13BrFNO2. The second kappa shape index (κ2) is 5.58. The average Bonchev–Trinajstić information content (AvgIpc) is 2.78. The largest absolute Gasteiger partial charge is 0.390 e. The van der Waals surface area contributed by atoms with E-state index < -0.39 is 23.9 Å². The van der Waals surface area contributed by atoms with Gasteiger partial charge >= 0.3 is 0 Å². The number of benzene rings is 2. The van der Waals surface area contributed by atoms with Crippen molar-refractivity contribution in [1.29, 1.82) is 0 Å². The molecule has 3 nitrogen and oxygen atoms in total. The fourth-order valence-corrected chi connectivity index (χ4v) is 3.09. The minimum Gasteiger partial charge on any atom is -0.390 e. The molecule has 0 radical (unpaired) electrons. The summed E-state index contributed by atoms with van der Waals surface area (Å²) >= 11 is 3.08. The first-order valence-electron chi connectivity index (χ1n) is 6.58. The molecule has 2 aromatic carbocycles. The van der Waals surface area contributed by atoms with Crippen LogP contribution in [0.2, 0.25) is 0 Å². The van der Waals surface area contributed by atoms with Gasteiger partial charge < -0.3 is 10.4 Å². The summed E-state index contributed by atoms with van der Waals surface area (Å²) in [4.78, 5) is 12.3. The number of hydrogen-bond donors (Lipinski definition) is 2. The average molecular weight is 350 g/mol. The molecule has 21 heavy (non-hydrogen) atoms. The zero-order chi connectivity index (χ0) is 15.0. The molecule has 0 saturated heterocycles. The molecule has 108 valence electrons. The van der Waals surface area contributed by atoms with E-state index >= 15 is 0 Å².